The van der Waals surface area contributed by atoms with Crippen LogP contribution in [0.2, 0.25) is 0 Å². The van der Waals surface area contributed by atoms with Gasteiger partial charge in [-0.05, 0) is 6.07 Å². The van der Waals surface area contributed by atoms with E-state index in [4.69, 9.17) is 5.73 Å². The van der Waals surface area contributed by atoms with Crippen molar-refractivity contribution in [1.82, 2.24) is 9.55 Å². The summed E-state index contributed by atoms with van der Waals surface area (Å²) in [4.78, 5) is 4.01. The van der Waals surface area contributed by atoms with E-state index in [1.54, 1.807) is 6.20 Å². The Bertz CT molecular complexity index is 353. The largest absolute Gasteiger partial charge is 0.397 e. The van der Waals surface area contributed by atoms with Crippen LogP contribution in [-0.2, 0) is 7.05 Å². The SMILES string of the molecule is Cn1cc(N)c2ccncc21. The molecule has 0 aliphatic carbocycles. The van der Waals surface area contributed by atoms with E-state index < -0.39 is 0 Å². The van der Waals surface area contributed by atoms with Crippen LogP contribution in [0.3, 0.4) is 0 Å². The topological polar surface area (TPSA) is 43.8 Å². The van der Waals surface area contributed by atoms with Crippen LogP contribution in [0.4, 0.5) is 5.69 Å². The molecule has 2 rings (SSSR count). The third-order valence-electron chi connectivity index (χ3n) is 1.82. The lowest BCUT2D eigenvalue weighted by Crippen LogP contribution is -1.83. The van der Waals surface area contributed by atoms with Crippen molar-refractivity contribution in [2.24, 2.45) is 7.05 Å². The molecule has 0 aliphatic rings. The van der Waals surface area contributed by atoms with Crippen LogP contribution >= 0.6 is 0 Å². The molecule has 0 atom stereocenters. The third-order valence-corrected chi connectivity index (χ3v) is 1.82. The predicted molar refractivity (Wildman–Crippen MR) is 45.1 cm³/mol. The molecule has 2 aromatic heterocycles. The maximum absolute atomic E-state index is 5.73. The van der Waals surface area contributed by atoms with E-state index in [0.717, 1.165) is 16.6 Å². The molecule has 0 aromatic carbocycles. The summed E-state index contributed by atoms with van der Waals surface area (Å²) in [6.45, 7) is 0. The first kappa shape index (κ1) is 6.22. The molecule has 11 heavy (non-hydrogen) atoms. The summed E-state index contributed by atoms with van der Waals surface area (Å²) in [5.74, 6) is 0. The molecule has 3 nitrogen and oxygen atoms in total. The number of hydrogen-bond acceptors (Lipinski definition) is 2. The third kappa shape index (κ3) is 0.774. The number of pyridine rings is 1. The van der Waals surface area contributed by atoms with Crippen LogP contribution in [0.1, 0.15) is 0 Å². The second kappa shape index (κ2) is 1.99. The van der Waals surface area contributed by atoms with Gasteiger partial charge in [-0.2, -0.15) is 0 Å². The van der Waals surface area contributed by atoms with Crippen LogP contribution < -0.4 is 5.73 Å². The smallest absolute Gasteiger partial charge is 0.0685 e. The molecule has 0 saturated carbocycles. The Balaban J connectivity index is 2.95. The number of aromatic nitrogens is 2. The molecular weight excluding hydrogens is 138 g/mol. The van der Waals surface area contributed by atoms with Gasteiger partial charge < -0.3 is 10.3 Å². The quantitative estimate of drug-likeness (QED) is 0.607. The van der Waals surface area contributed by atoms with E-state index in [-0.39, 0.29) is 0 Å². The Kier molecular flexibility index (Phi) is 1.12. The lowest BCUT2D eigenvalue weighted by molar-refractivity contribution is 0.966. The molecule has 0 unspecified atom stereocenters. The van der Waals surface area contributed by atoms with Gasteiger partial charge in [-0.1, -0.05) is 0 Å². The van der Waals surface area contributed by atoms with E-state index in [2.05, 4.69) is 4.98 Å². The minimum atomic E-state index is 0.810. The molecule has 2 aromatic rings. The molecule has 2 heterocycles. The Hall–Kier alpha value is -1.51. The first-order chi connectivity index (χ1) is 5.29. The van der Waals surface area contributed by atoms with Crippen molar-refractivity contribution in [1.29, 1.82) is 0 Å². The average Bonchev–Trinajstić information content (AvgIpc) is 2.30. The van der Waals surface area contributed by atoms with Gasteiger partial charge in [0.2, 0.25) is 0 Å². The fraction of sp³-hybridized carbons (Fsp3) is 0.125. The molecular formula is C8H9N3. The van der Waals surface area contributed by atoms with Gasteiger partial charge in [0.05, 0.1) is 17.4 Å². The molecule has 0 radical (unpaired) electrons. The van der Waals surface area contributed by atoms with Crippen LogP contribution in [0.25, 0.3) is 10.9 Å². The summed E-state index contributed by atoms with van der Waals surface area (Å²) in [6.07, 6.45) is 5.46. The second-order valence-electron chi connectivity index (χ2n) is 2.59. The van der Waals surface area contributed by atoms with E-state index in [0.29, 0.717) is 0 Å². The normalized spacial score (nSPS) is 10.6. The van der Waals surface area contributed by atoms with Crippen molar-refractivity contribution < 1.29 is 0 Å². The molecule has 0 bridgehead atoms. The number of nitrogens with zero attached hydrogens (tertiary/aromatic N) is 2. The number of nitrogen functional groups attached to an aromatic ring is 1. The Morgan fingerprint density at radius 2 is 2.36 bits per heavy atom. The fourth-order valence-electron chi connectivity index (χ4n) is 1.26. The molecule has 2 N–H and O–H groups in total. The zero-order valence-electron chi connectivity index (χ0n) is 6.28. The first-order valence-electron chi connectivity index (χ1n) is 3.43. The van der Waals surface area contributed by atoms with Crippen molar-refractivity contribution in [3.05, 3.63) is 24.7 Å². The van der Waals surface area contributed by atoms with Crippen molar-refractivity contribution >= 4 is 16.6 Å². The zero-order valence-corrected chi connectivity index (χ0v) is 6.28. The van der Waals surface area contributed by atoms with Gasteiger partial charge in [0.15, 0.2) is 0 Å². The summed E-state index contributed by atoms with van der Waals surface area (Å²) >= 11 is 0. The van der Waals surface area contributed by atoms with E-state index >= 15 is 0 Å². The fourth-order valence-corrected chi connectivity index (χ4v) is 1.26. The van der Waals surface area contributed by atoms with Gasteiger partial charge in [0, 0.05) is 24.8 Å². The van der Waals surface area contributed by atoms with Crippen molar-refractivity contribution in [3.63, 3.8) is 0 Å². The molecule has 0 spiro atoms. The number of rotatable bonds is 0. The van der Waals surface area contributed by atoms with Crippen molar-refractivity contribution in [2.75, 3.05) is 5.73 Å². The lowest BCUT2D eigenvalue weighted by atomic mass is 10.3. The summed E-state index contributed by atoms with van der Waals surface area (Å²) in [7, 11) is 1.96. The molecule has 56 valence electrons. The molecule has 0 fully saturated rings. The number of anilines is 1. The van der Waals surface area contributed by atoms with E-state index in [1.807, 2.05) is 30.1 Å². The van der Waals surface area contributed by atoms with E-state index in [1.165, 1.54) is 0 Å². The lowest BCUT2D eigenvalue weighted by Gasteiger charge is -1.91. The summed E-state index contributed by atoms with van der Waals surface area (Å²) in [6, 6.07) is 1.92. The average molecular weight is 147 g/mol. The standard InChI is InChI=1S/C8H9N3/c1-11-5-7(9)6-2-3-10-4-8(6)11/h2-5H,9H2,1H3. The highest BCUT2D eigenvalue weighted by Crippen LogP contribution is 2.20. The van der Waals surface area contributed by atoms with Gasteiger partial charge in [-0.25, -0.2) is 0 Å². The van der Waals surface area contributed by atoms with Crippen LogP contribution in [0, 0.1) is 0 Å². The number of nitrogens with two attached hydrogens (primary N) is 1. The highest BCUT2D eigenvalue weighted by molar-refractivity contribution is 5.90. The maximum Gasteiger partial charge on any atom is 0.0685 e. The Morgan fingerprint density at radius 3 is 3.09 bits per heavy atom. The first-order valence-corrected chi connectivity index (χ1v) is 3.43. The van der Waals surface area contributed by atoms with Gasteiger partial charge >= 0.3 is 0 Å². The summed E-state index contributed by atoms with van der Waals surface area (Å²) in [5.41, 5.74) is 7.61. The number of aryl methyl sites for hydroxylation is 1. The van der Waals surface area contributed by atoms with Crippen molar-refractivity contribution in [2.45, 2.75) is 0 Å². The number of hydrogen-bond donors (Lipinski definition) is 1. The van der Waals surface area contributed by atoms with Crippen molar-refractivity contribution in [3.8, 4) is 0 Å². The predicted octanol–water partition coefficient (Wildman–Crippen LogP) is 1.16. The minimum Gasteiger partial charge on any atom is -0.397 e. The zero-order chi connectivity index (χ0) is 7.84. The monoisotopic (exact) mass is 147 g/mol. The maximum atomic E-state index is 5.73. The van der Waals surface area contributed by atoms with Crippen LogP contribution in [0.5, 0.6) is 0 Å². The molecule has 0 amide bonds. The van der Waals surface area contributed by atoms with E-state index in [9.17, 15) is 0 Å². The van der Waals surface area contributed by atoms with Gasteiger partial charge in [-0.3, -0.25) is 4.98 Å². The molecule has 0 aliphatic heterocycles. The number of fused-ring (bicyclic) bond motifs is 1. The highest BCUT2D eigenvalue weighted by Gasteiger charge is 2.00. The van der Waals surface area contributed by atoms with Gasteiger partial charge in [0.1, 0.15) is 0 Å². The van der Waals surface area contributed by atoms with Gasteiger partial charge in [-0.15, -0.1) is 0 Å². The summed E-state index contributed by atoms with van der Waals surface area (Å²) in [5, 5.41) is 1.07. The Morgan fingerprint density at radius 1 is 1.55 bits per heavy atom. The molecule has 3 heteroatoms. The second-order valence-corrected chi connectivity index (χ2v) is 2.59. The van der Waals surface area contributed by atoms with Crippen LogP contribution in [-0.4, -0.2) is 9.55 Å². The van der Waals surface area contributed by atoms with Gasteiger partial charge in [0.25, 0.3) is 0 Å². The highest BCUT2D eigenvalue weighted by atomic mass is 14.9. The van der Waals surface area contributed by atoms with Crippen LogP contribution in [0.15, 0.2) is 24.7 Å². The minimum absolute atomic E-state index is 0.810. The Labute approximate surface area is 64.5 Å². The summed E-state index contributed by atoms with van der Waals surface area (Å²) < 4.78 is 1.97. The molecule has 0 saturated heterocycles.